The molecule has 0 heterocycles. The number of rotatable bonds is 7. The molecule has 1 aromatic carbocycles. The van der Waals surface area contributed by atoms with Crippen LogP contribution in [0.15, 0.2) is 16.6 Å². The maximum atomic E-state index is 12.0. The molecule has 0 radical (unpaired) electrons. The van der Waals surface area contributed by atoms with Crippen LogP contribution in [-0.4, -0.2) is 29.8 Å². The molecular weight excluding hydrogens is 382 g/mol. The minimum Gasteiger partial charge on any atom is -0.397 e. The molecular formula is C16H25BrClN3O2. The van der Waals surface area contributed by atoms with Crippen molar-refractivity contribution in [2.75, 3.05) is 24.1 Å². The standard InChI is InChI=1S/C16H24BrN3O2.ClH/c1-4-20(5-2)15(22)8-6-7-14(21)19-13-10-12(17)9-11(3)16(13)18;/h9-10H,4-8,18H2,1-3H3,(H,19,21);1H. The summed E-state index contributed by atoms with van der Waals surface area (Å²) in [5.74, 6) is -0.0350. The number of benzene rings is 1. The van der Waals surface area contributed by atoms with Gasteiger partial charge in [-0.25, -0.2) is 0 Å². The predicted octanol–water partition coefficient (Wildman–Crippen LogP) is 3.74. The van der Waals surface area contributed by atoms with Gasteiger partial charge in [0.25, 0.3) is 0 Å². The van der Waals surface area contributed by atoms with Gasteiger partial charge in [-0.3, -0.25) is 9.59 Å². The Morgan fingerprint density at radius 2 is 1.83 bits per heavy atom. The van der Waals surface area contributed by atoms with Crippen molar-refractivity contribution in [2.24, 2.45) is 0 Å². The Morgan fingerprint density at radius 1 is 1.22 bits per heavy atom. The molecule has 0 bridgehead atoms. The molecule has 0 spiro atoms. The van der Waals surface area contributed by atoms with Crippen LogP contribution >= 0.6 is 28.3 Å². The number of hydrogen-bond donors (Lipinski definition) is 2. The van der Waals surface area contributed by atoms with Gasteiger partial charge in [0.15, 0.2) is 0 Å². The summed E-state index contributed by atoms with van der Waals surface area (Å²) in [6, 6.07) is 3.68. The number of aryl methyl sites for hydroxylation is 1. The van der Waals surface area contributed by atoms with Crippen LogP contribution in [0.2, 0.25) is 0 Å². The molecule has 0 aliphatic heterocycles. The topological polar surface area (TPSA) is 75.4 Å². The van der Waals surface area contributed by atoms with Gasteiger partial charge in [0.05, 0.1) is 11.4 Å². The molecule has 0 aromatic heterocycles. The number of halogens is 2. The molecule has 0 atom stereocenters. The van der Waals surface area contributed by atoms with Gasteiger partial charge in [0.1, 0.15) is 0 Å². The van der Waals surface area contributed by atoms with Crippen LogP contribution in [-0.2, 0) is 9.59 Å². The summed E-state index contributed by atoms with van der Waals surface area (Å²) in [5, 5.41) is 2.80. The number of amides is 2. The lowest BCUT2D eigenvalue weighted by Gasteiger charge is -2.18. The Balaban J connectivity index is 0.00000484. The van der Waals surface area contributed by atoms with Crippen molar-refractivity contribution in [1.82, 2.24) is 4.90 Å². The van der Waals surface area contributed by atoms with Gasteiger partial charge >= 0.3 is 0 Å². The van der Waals surface area contributed by atoms with Crippen molar-refractivity contribution in [3.63, 3.8) is 0 Å². The van der Waals surface area contributed by atoms with Gasteiger partial charge in [-0.2, -0.15) is 0 Å². The second-order valence-corrected chi connectivity index (χ2v) is 6.07. The Bertz CT molecular complexity index is 548. The second-order valence-electron chi connectivity index (χ2n) is 5.15. The fourth-order valence-corrected chi connectivity index (χ4v) is 2.78. The molecule has 1 aromatic rings. The highest BCUT2D eigenvalue weighted by Crippen LogP contribution is 2.27. The zero-order valence-corrected chi connectivity index (χ0v) is 16.2. The lowest BCUT2D eigenvalue weighted by Crippen LogP contribution is -2.30. The van der Waals surface area contributed by atoms with Crippen molar-refractivity contribution < 1.29 is 9.59 Å². The predicted molar refractivity (Wildman–Crippen MR) is 101 cm³/mol. The van der Waals surface area contributed by atoms with Gasteiger partial charge in [-0.05, 0) is 44.9 Å². The first-order valence-electron chi connectivity index (χ1n) is 7.52. The summed E-state index contributed by atoms with van der Waals surface area (Å²) in [5.41, 5.74) is 8.03. The monoisotopic (exact) mass is 405 g/mol. The molecule has 2 amide bonds. The van der Waals surface area contributed by atoms with Crippen LogP contribution in [0.25, 0.3) is 0 Å². The third-order valence-corrected chi connectivity index (χ3v) is 3.99. The van der Waals surface area contributed by atoms with E-state index in [1.54, 1.807) is 11.0 Å². The molecule has 0 aliphatic carbocycles. The molecule has 0 unspecified atom stereocenters. The van der Waals surface area contributed by atoms with Gasteiger partial charge in [-0.1, -0.05) is 15.9 Å². The van der Waals surface area contributed by atoms with Crippen molar-refractivity contribution >= 4 is 51.5 Å². The molecule has 0 aliphatic rings. The van der Waals surface area contributed by atoms with Crippen LogP contribution in [0, 0.1) is 6.92 Å². The molecule has 0 saturated carbocycles. The molecule has 0 saturated heterocycles. The second kappa shape index (κ2) is 10.5. The van der Waals surface area contributed by atoms with Crippen LogP contribution < -0.4 is 11.1 Å². The number of carbonyl (C=O) groups is 2. The van der Waals surface area contributed by atoms with Gasteiger partial charge in [0.2, 0.25) is 11.8 Å². The normalized spacial score (nSPS) is 9.91. The Hall–Kier alpha value is -1.27. The minimum absolute atomic E-state index is 0. The zero-order valence-electron chi connectivity index (χ0n) is 13.8. The van der Waals surface area contributed by atoms with Crippen LogP contribution in [0.1, 0.15) is 38.7 Å². The molecule has 1 rings (SSSR count). The van der Waals surface area contributed by atoms with E-state index in [1.807, 2.05) is 26.8 Å². The number of carbonyl (C=O) groups excluding carboxylic acids is 2. The fraction of sp³-hybridized carbons (Fsp3) is 0.500. The summed E-state index contributed by atoms with van der Waals surface area (Å²) in [4.78, 5) is 25.6. The van der Waals surface area contributed by atoms with Crippen LogP contribution in [0.3, 0.4) is 0 Å². The van der Waals surface area contributed by atoms with E-state index >= 15 is 0 Å². The summed E-state index contributed by atoms with van der Waals surface area (Å²) in [6.07, 6.45) is 1.23. The first-order valence-corrected chi connectivity index (χ1v) is 8.31. The largest absolute Gasteiger partial charge is 0.397 e. The Kier molecular flexibility index (Phi) is 9.91. The van der Waals surface area contributed by atoms with E-state index < -0.39 is 0 Å². The highest BCUT2D eigenvalue weighted by molar-refractivity contribution is 9.10. The summed E-state index contributed by atoms with van der Waals surface area (Å²) in [6.45, 7) is 7.20. The Labute approximate surface area is 152 Å². The molecule has 0 fully saturated rings. The van der Waals surface area contributed by atoms with Crippen molar-refractivity contribution in [2.45, 2.75) is 40.0 Å². The van der Waals surface area contributed by atoms with Gasteiger partial charge in [0, 0.05) is 30.4 Å². The van der Waals surface area contributed by atoms with E-state index in [2.05, 4.69) is 21.2 Å². The van der Waals surface area contributed by atoms with E-state index in [9.17, 15) is 9.59 Å². The number of nitrogen functional groups attached to an aromatic ring is 1. The SMILES string of the molecule is CCN(CC)C(=O)CCCC(=O)Nc1cc(Br)cc(C)c1N.Cl. The third kappa shape index (κ3) is 6.79. The minimum atomic E-state index is -0.128. The highest BCUT2D eigenvalue weighted by atomic mass is 79.9. The highest BCUT2D eigenvalue weighted by Gasteiger charge is 2.12. The molecule has 5 nitrogen and oxygen atoms in total. The summed E-state index contributed by atoms with van der Waals surface area (Å²) < 4.78 is 0.867. The molecule has 7 heteroatoms. The summed E-state index contributed by atoms with van der Waals surface area (Å²) in [7, 11) is 0. The van der Waals surface area contributed by atoms with E-state index in [1.165, 1.54) is 0 Å². The summed E-state index contributed by atoms with van der Waals surface area (Å²) >= 11 is 3.38. The number of nitrogens with one attached hydrogen (secondary N) is 1. The quantitative estimate of drug-likeness (QED) is 0.677. The number of anilines is 2. The van der Waals surface area contributed by atoms with Crippen LogP contribution in [0.4, 0.5) is 11.4 Å². The van der Waals surface area contributed by atoms with E-state index in [-0.39, 0.29) is 24.2 Å². The van der Waals surface area contributed by atoms with Gasteiger partial charge in [-0.15, -0.1) is 12.4 Å². The maximum Gasteiger partial charge on any atom is 0.224 e. The van der Waals surface area contributed by atoms with E-state index in [0.29, 0.717) is 43.7 Å². The zero-order chi connectivity index (χ0) is 16.7. The first kappa shape index (κ1) is 21.7. The first-order chi connectivity index (χ1) is 10.4. The van der Waals surface area contributed by atoms with Crippen molar-refractivity contribution in [1.29, 1.82) is 0 Å². The molecule has 23 heavy (non-hydrogen) atoms. The number of hydrogen-bond acceptors (Lipinski definition) is 3. The fourth-order valence-electron chi connectivity index (χ4n) is 2.21. The van der Waals surface area contributed by atoms with E-state index in [0.717, 1.165) is 10.0 Å². The van der Waals surface area contributed by atoms with E-state index in [4.69, 9.17) is 5.73 Å². The van der Waals surface area contributed by atoms with Crippen molar-refractivity contribution in [3.05, 3.63) is 22.2 Å². The molecule has 130 valence electrons. The number of nitrogens with two attached hydrogens (primary N) is 1. The van der Waals surface area contributed by atoms with Crippen molar-refractivity contribution in [3.8, 4) is 0 Å². The third-order valence-electron chi connectivity index (χ3n) is 3.54. The lowest BCUT2D eigenvalue weighted by atomic mass is 10.1. The number of nitrogens with zero attached hydrogens (tertiary/aromatic N) is 1. The lowest BCUT2D eigenvalue weighted by molar-refractivity contribution is -0.130. The van der Waals surface area contributed by atoms with Crippen LogP contribution in [0.5, 0.6) is 0 Å². The average Bonchev–Trinajstić information content (AvgIpc) is 2.45. The molecule has 3 N–H and O–H groups in total. The Morgan fingerprint density at radius 3 is 2.39 bits per heavy atom. The maximum absolute atomic E-state index is 12.0. The van der Waals surface area contributed by atoms with Gasteiger partial charge < -0.3 is 16.0 Å². The smallest absolute Gasteiger partial charge is 0.224 e. The average molecular weight is 407 g/mol.